The van der Waals surface area contributed by atoms with Gasteiger partial charge in [-0.15, -0.1) is 10.2 Å². The Hall–Kier alpha value is -2.76. The predicted molar refractivity (Wildman–Crippen MR) is 118 cm³/mol. The molecule has 2 aliphatic rings. The number of anilines is 1. The molecule has 0 radical (unpaired) electrons. The summed E-state index contributed by atoms with van der Waals surface area (Å²) in [6, 6.07) is 8.03. The molecule has 0 bridgehead atoms. The fourth-order valence-electron chi connectivity index (χ4n) is 5.14. The van der Waals surface area contributed by atoms with Crippen LogP contribution in [0, 0.1) is 23.2 Å². The molecule has 2 aromatic heterocycles. The highest BCUT2D eigenvalue weighted by molar-refractivity contribution is 6.03. The van der Waals surface area contributed by atoms with Gasteiger partial charge in [0.1, 0.15) is 5.52 Å². The maximum Gasteiger partial charge on any atom is 0.265 e. The molecule has 5 rings (SSSR count). The minimum atomic E-state index is 0.386. The molecule has 1 fully saturated rings. The smallest absolute Gasteiger partial charge is 0.265 e. The lowest BCUT2D eigenvalue weighted by atomic mass is 9.59. The highest BCUT2D eigenvalue weighted by Gasteiger charge is 2.40. The van der Waals surface area contributed by atoms with Crippen LogP contribution in [-0.4, -0.2) is 26.4 Å². The summed E-state index contributed by atoms with van der Waals surface area (Å²) in [5.41, 5.74) is 7.57. The molecule has 0 unspecified atom stereocenters. The number of allylic oxidation sites excluding steroid dienone is 2. The van der Waals surface area contributed by atoms with Gasteiger partial charge in [0.25, 0.3) is 5.95 Å². The number of para-hydroxylation sites is 1. The Labute approximate surface area is 170 Å². The molecule has 2 aliphatic carbocycles. The van der Waals surface area contributed by atoms with E-state index >= 15 is 0 Å². The predicted octanol–water partition coefficient (Wildman–Crippen LogP) is 5.31. The van der Waals surface area contributed by atoms with Crippen molar-refractivity contribution in [3.05, 3.63) is 35.9 Å². The average molecular weight is 389 g/mol. The fraction of sp³-hybridized carbons (Fsp3) is 0.478. The number of nitrogens with zero attached hydrogens (tertiary/aromatic N) is 4. The lowest BCUT2D eigenvalue weighted by Gasteiger charge is -2.46. The maximum absolute atomic E-state index is 4.54. The van der Waals surface area contributed by atoms with Gasteiger partial charge in [0.05, 0.1) is 0 Å². The quantitative estimate of drug-likeness (QED) is 0.362. The van der Waals surface area contributed by atoms with E-state index in [1.807, 2.05) is 24.3 Å². The molecule has 29 heavy (non-hydrogen) atoms. The minimum Gasteiger partial charge on any atom is -0.338 e. The van der Waals surface area contributed by atoms with Gasteiger partial charge < -0.3 is 4.98 Å². The zero-order chi connectivity index (χ0) is 20.0. The Morgan fingerprint density at radius 2 is 2.10 bits per heavy atom. The number of aromatic amines is 1. The first-order chi connectivity index (χ1) is 14.0. The monoisotopic (exact) mass is 388 g/mol. The molecule has 2 N–H and O–H groups in total. The molecule has 0 amide bonds. The normalized spacial score (nSPS) is 26.6. The van der Waals surface area contributed by atoms with Crippen LogP contribution in [0.15, 0.2) is 41.0 Å². The van der Waals surface area contributed by atoms with Crippen molar-refractivity contribution in [1.82, 2.24) is 20.2 Å². The van der Waals surface area contributed by atoms with Crippen molar-refractivity contribution in [3.8, 4) is 0 Å². The SMILES string of the molecule is C[C@@H]1CC2=CCCC(C)(C)[C@H]2C[C@H]1/C=N\Nc1nnc2c(n1)[nH]c1ccccc12. The van der Waals surface area contributed by atoms with Gasteiger partial charge in [-0.2, -0.15) is 10.1 Å². The van der Waals surface area contributed by atoms with E-state index in [9.17, 15) is 0 Å². The average Bonchev–Trinajstić information content (AvgIpc) is 3.06. The summed E-state index contributed by atoms with van der Waals surface area (Å²) in [4.78, 5) is 7.83. The Balaban J connectivity index is 1.32. The Morgan fingerprint density at radius 1 is 1.24 bits per heavy atom. The van der Waals surface area contributed by atoms with Crippen LogP contribution in [-0.2, 0) is 0 Å². The molecule has 150 valence electrons. The van der Waals surface area contributed by atoms with Crippen LogP contribution in [0.2, 0.25) is 0 Å². The van der Waals surface area contributed by atoms with E-state index in [1.165, 1.54) is 25.7 Å². The van der Waals surface area contributed by atoms with Crippen LogP contribution >= 0.6 is 0 Å². The van der Waals surface area contributed by atoms with Gasteiger partial charge in [0.2, 0.25) is 0 Å². The van der Waals surface area contributed by atoms with Crippen LogP contribution < -0.4 is 5.43 Å². The number of fused-ring (bicyclic) bond motifs is 4. The van der Waals surface area contributed by atoms with Gasteiger partial charge in [-0.25, -0.2) is 5.43 Å². The summed E-state index contributed by atoms with van der Waals surface area (Å²) in [7, 11) is 0. The van der Waals surface area contributed by atoms with Crippen molar-refractivity contribution in [2.45, 2.75) is 46.5 Å². The summed E-state index contributed by atoms with van der Waals surface area (Å²) in [6.07, 6.45) is 9.42. The van der Waals surface area contributed by atoms with Gasteiger partial charge in [0.15, 0.2) is 5.65 Å². The first-order valence-electron chi connectivity index (χ1n) is 10.6. The van der Waals surface area contributed by atoms with Gasteiger partial charge >= 0.3 is 0 Å². The second kappa shape index (κ2) is 6.94. The molecular weight excluding hydrogens is 360 g/mol. The molecule has 1 saturated carbocycles. The van der Waals surface area contributed by atoms with E-state index in [0.29, 0.717) is 29.1 Å². The van der Waals surface area contributed by atoms with E-state index in [-0.39, 0.29) is 0 Å². The standard InChI is InChI=1S/C23H28N6/c1-14-11-15-7-6-10-23(2,3)18(15)12-16(14)13-24-28-22-26-21-20(27-29-22)17-8-4-5-9-19(17)25-21/h4-5,7-9,13-14,16,18H,6,10-12H2,1-3H3,(H2,25,26,28,29)/b24-13-/t14-,16+,18+/m1/s1. The van der Waals surface area contributed by atoms with Gasteiger partial charge in [-0.05, 0) is 54.9 Å². The Kier molecular flexibility index (Phi) is 4.37. The van der Waals surface area contributed by atoms with E-state index < -0.39 is 0 Å². The molecule has 3 atom stereocenters. The number of aromatic nitrogens is 4. The Morgan fingerprint density at radius 3 is 3.00 bits per heavy atom. The van der Waals surface area contributed by atoms with Crippen LogP contribution in [0.25, 0.3) is 22.1 Å². The van der Waals surface area contributed by atoms with E-state index in [0.717, 1.165) is 22.1 Å². The molecule has 0 aliphatic heterocycles. The third-order valence-electron chi connectivity index (χ3n) is 6.94. The van der Waals surface area contributed by atoms with Crippen LogP contribution in [0.1, 0.15) is 46.5 Å². The number of nitrogens with one attached hydrogen (secondary N) is 2. The maximum atomic E-state index is 4.54. The summed E-state index contributed by atoms with van der Waals surface area (Å²) in [6.45, 7) is 7.17. The summed E-state index contributed by atoms with van der Waals surface area (Å²) < 4.78 is 0. The third-order valence-corrected chi connectivity index (χ3v) is 6.94. The second-order valence-electron chi connectivity index (χ2n) is 9.33. The third kappa shape index (κ3) is 3.30. The van der Waals surface area contributed by atoms with Crippen molar-refractivity contribution < 1.29 is 0 Å². The number of rotatable bonds is 3. The van der Waals surface area contributed by atoms with Crippen LogP contribution in [0.5, 0.6) is 0 Å². The molecule has 2 heterocycles. The van der Waals surface area contributed by atoms with Crippen molar-refractivity contribution in [2.24, 2.45) is 28.3 Å². The van der Waals surface area contributed by atoms with Crippen molar-refractivity contribution in [1.29, 1.82) is 0 Å². The zero-order valence-corrected chi connectivity index (χ0v) is 17.3. The lowest BCUT2D eigenvalue weighted by Crippen LogP contribution is -2.36. The first-order valence-corrected chi connectivity index (χ1v) is 10.6. The lowest BCUT2D eigenvalue weighted by molar-refractivity contribution is 0.149. The second-order valence-corrected chi connectivity index (χ2v) is 9.33. The number of benzene rings is 1. The largest absolute Gasteiger partial charge is 0.338 e. The molecule has 3 aromatic rings. The van der Waals surface area contributed by atoms with Gasteiger partial charge in [0, 0.05) is 17.1 Å². The molecule has 0 spiro atoms. The summed E-state index contributed by atoms with van der Waals surface area (Å²) >= 11 is 0. The van der Waals surface area contributed by atoms with Gasteiger partial charge in [-0.1, -0.05) is 50.6 Å². The van der Waals surface area contributed by atoms with Crippen molar-refractivity contribution >= 4 is 34.2 Å². The zero-order valence-electron chi connectivity index (χ0n) is 17.3. The van der Waals surface area contributed by atoms with Gasteiger partial charge in [-0.3, -0.25) is 0 Å². The highest BCUT2D eigenvalue weighted by atomic mass is 15.4. The van der Waals surface area contributed by atoms with Crippen molar-refractivity contribution in [3.63, 3.8) is 0 Å². The van der Waals surface area contributed by atoms with E-state index in [4.69, 9.17) is 0 Å². The summed E-state index contributed by atoms with van der Waals surface area (Å²) in [5, 5.41) is 14.1. The fourth-order valence-corrected chi connectivity index (χ4v) is 5.14. The van der Waals surface area contributed by atoms with E-state index in [1.54, 1.807) is 5.57 Å². The number of H-pyrrole nitrogens is 1. The number of hydrazone groups is 1. The van der Waals surface area contributed by atoms with Crippen LogP contribution in [0.4, 0.5) is 5.95 Å². The molecule has 6 heteroatoms. The van der Waals surface area contributed by atoms with Crippen molar-refractivity contribution in [2.75, 3.05) is 5.43 Å². The molecular formula is C23H28N6. The Bertz CT molecular complexity index is 1110. The topological polar surface area (TPSA) is 78.8 Å². The van der Waals surface area contributed by atoms with E-state index in [2.05, 4.69) is 63.8 Å². The highest BCUT2D eigenvalue weighted by Crippen LogP contribution is 2.50. The molecule has 1 aromatic carbocycles. The minimum absolute atomic E-state index is 0.386. The summed E-state index contributed by atoms with van der Waals surface area (Å²) in [5.74, 6) is 2.16. The first kappa shape index (κ1) is 18.3. The number of hydrogen-bond acceptors (Lipinski definition) is 5. The molecule has 6 nitrogen and oxygen atoms in total. The molecule has 0 saturated heterocycles. The van der Waals surface area contributed by atoms with Crippen LogP contribution in [0.3, 0.4) is 0 Å². The number of hydrogen-bond donors (Lipinski definition) is 2.